The molecule has 1 aromatic heterocycles. The summed E-state index contributed by atoms with van der Waals surface area (Å²) in [6.07, 6.45) is 13.5. The molecule has 2 amide bonds. The second-order valence-corrected chi connectivity index (χ2v) is 12.5. The third-order valence-electron chi connectivity index (χ3n) is 8.31. The second-order valence-electron chi connectivity index (χ2n) is 11.4. The van der Waals surface area contributed by atoms with Crippen molar-refractivity contribution in [1.82, 2.24) is 5.32 Å². The first-order valence-corrected chi connectivity index (χ1v) is 14.8. The molecule has 198 valence electrons. The van der Waals surface area contributed by atoms with Gasteiger partial charge in [0, 0.05) is 28.8 Å². The summed E-state index contributed by atoms with van der Waals surface area (Å²) in [5.74, 6) is -0.238. The van der Waals surface area contributed by atoms with Crippen LogP contribution in [0.3, 0.4) is 0 Å². The van der Waals surface area contributed by atoms with Gasteiger partial charge in [-0.3, -0.25) is 9.59 Å². The maximum Gasteiger partial charge on any atom is 0.348 e. The third-order valence-corrected chi connectivity index (χ3v) is 9.50. The number of nitrogens with one attached hydrogen (secondary N) is 1. The first-order chi connectivity index (χ1) is 17.2. The number of rotatable bonds is 7. The fourth-order valence-electron chi connectivity index (χ4n) is 5.98. The van der Waals surface area contributed by atoms with Crippen LogP contribution in [0, 0.1) is 17.8 Å². The van der Waals surface area contributed by atoms with E-state index < -0.39 is 5.97 Å². The van der Waals surface area contributed by atoms with Crippen molar-refractivity contribution in [3.63, 3.8) is 0 Å². The Hall–Kier alpha value is -2.15. The van der Waals surface area contributed by atoms with Crippen molar-refractivity contribution in [2.24, 2.45) is 17.8 Å². The number of anilines is 1. The maximum atomic E-state index is 14.1. The Morgan fingerprint density at radius 1 is 1.03 bits per heavy atom. The number of aromatic carboxylic acids is 1. The van der Waals surface area contributed by atoms with Gasteiger partial charge in [-0.2, -0.15) is 0 Å². The van der Waals surface area contributed by atoms with E-state index >= 15 is 0 Å². The minimum atomic E-state index is -0.953. The lowest BCUT2D eigenvalue weighted by Gasteiger charge is -2.39. The molecule has 36 heavy (non-hydrogen) atoms. The predicted octanol–water partition coefficient (Wildman–Crippen LogP) is 6.65. The minimum absolute atomic E-state index is 0.0371. The van der Waals surface area contributed by atoms with Gasteiger partial charge < -0.3 is 15.3 Å². The monoisotopic (exact) mass is 514 g/mol. The lowest BCUT2D eigenvalue weighted by molar-refractivity contribution is -0.126. The van der Waals surface area contributed by atoms with Gasteiger partial charge in [-0.15, -0.1) is 11.3 Å². The van der Waals surface area contributed by atoms with E-state index in [0.29, 0.717) is 11.6 Å². The van der Waals surface area contributed by atoms with Crippen LogP contribution >= 0.6 is 11.3 Å². The number of carboxylic acid groups (broad SMARTS) is 1. The smallest absolute Gasteiger partial charge is 0.348 e. The summed E-state index contributed by atoms with van der Waals surface area (Å²) in [5.41, 5.74) is 1.81. The third kappa shape index (κ3) is 6.21. The van der Waals surface area contributed by atoms with Crippen molar-refractivity contribution in [2.75, 3.05) is 4.90 Å². The molecule has 2 fully saturated rings. The Balaban J connectivity index is 1.62. The molecule has 3 aliphatic rings. The second kappa shape index (κ2) is 11.9. The highest BCUT2D eigenvalue weighted by molar-refractivity contribution is 7.15. The average molecular weight is 515 g/mol. The van der Waals surface area contributed by atoms with Crippen molar-refractivity contribution in [2.45, 2.75) is 110 Å². The van der Waals surface area contributed by atoms with Crippen molar-refractivity contribution in [1.29, 1.82) is 0 Å². The first-order valence-electron chi connectivity index (χ1n) is 13.9. The van der Waals surface area contributed by atoms with Crippen LogP contribution in [-0.2, 0) is 9.59 Å². The van der Waals surface area contributed by atoms with E-state index in [2.05, 4.69) is 18.3 Å². The summed E-state index contributed by atoms with van der Waals surface area (Å²) >= 11 is 1.32. The number of nitrogens with zero attached hydrogens (tertiary/aromatic N) is 1. The molecule has 0 bridgehead atoms. The summed E-state index contributed by atoms with van der Waals surface area (Å²) in [5, 5.41) is 13.3. The average Bonchev–Trinajstić information content (AvgIpc) is 3.31. The maximum absolute atomic E-state index is 14.1. The lowest BCUT2D eigenvalue weighted by atomic mass is 9.81. The van der Waals surface area contributed by atoms with E-state index in [-0.39, 0.29) is 40.6 Å². The molecule has 0 unspecified atom stereocenters. The number of hydrogen-bond acceptors (Lipinski definition) is 4. The minimum Gasteiger partial charge on any atom is -0.477 e. The van der Waals surface area contributed by atoms with Gasteiger partial charge in [0.05, 0.1) is 5.69 Å². The number of thiophene rings is 1. The van der Waals surface area contributed by atoms with Gasteiger partial charge >= 0.3 is 5.97 Å². The molecule has 2 N–H and O–H groups in total. The fraction of sp³-hybridized carbons (Fsp3) is 0.690. The molecule has 4 rings (SSSR count). The van der Waals surface area contributed by atoms with Gasteiger partial charge in [0.2, 0.25) is 11.8 Å². The largest absolute Gasteiger partial charge is 0.477 e. The van der Waals surface area contributed by atoms with E-state index in [4.69, 9.17) is 0 Å². The van der Waals surface area contributed by atoms with Gasteiger partial charge in [0.15, 0.2) is 0 Å². The zero-order valence-electron chi connectivity index (χ0n) is 22.1. The van der Waals surface area contributed by atoms with Crippen LogP contribution in [0.25, 0.3) is 5.57 Å². The van der Waals surface area contributed by atoms with Crippen LogP contribution in [0.15, 0.2) is 12.1 Å². The molecule has 0 aromatic carbocycles. The normalized spacial score (nSPS) is 26.8. The van der Waals surface area contributed by atoms with Crippen molar-refractivity contribution in [3.05, 3.63) is 21.9 Å². The van der Waals surface area contributed by atoms with Crippen LogP contribution in [0.4, 0.5) is 5.69 Å². The Morgan fingerprint density at radius 2 is 1.72 bits per heavy atom. The summed E-state index contributed by atoms with van der Waals surface area (Å²) < 4.78 is 0. The van der Waals surface area contributed by atoms with Crippen molar-refractivity contribution >= 4 is 40.4 Å². The Morgan fingerprint density at radius 3 is 2.31 bits per heavy atom. The molecule has 7 heteroatoms. The molecule has 0 aliphatic heterocycles. The van der Waals surface area contributed by atoms with Gasteiger partial charge in [0.1, 0.15) is 4.88 Å². The van der Waals surface area contributed by atoms with Crippen molar-refractivity contribution in [3.8, 4) is 0 Å². The molecule has 0 radical (unpaired) electrons. The van der Waals surface area contributed by atoms with E-state index in [1.807, 2.05) is 24.8 Å². The number of carbonyl (C=O) groups is 3. The molecule has 1 aromatic rings. The molecule has 0 saturated heterocycles. The molecule has 2 saturated carbocycles. The van der Waals surface area contributed by atoms with Crippen LogP contribution in [-0.4, -0.2) is 35.0 Å². The molecule has 0 spiro atoms. The first kappa shape index (κ1) is 26.9. The van der Waals surface area contributed by atoms with Gasteiger partial charge in [-0.25, -0.2) is 4.79 Å². The zero-order valence-corrected chi connectivity index (χ0v) is 22.9. The fourth-order valence-corrected chi connectivity index (χ4v) is 7.04. The Kier molecular flexibility index (Phi) is 8.91. The molecular weight excluding hydrogens is 472 g/mol. The number of carboxylic acids is 1. The molecule has 3 aliphatic carbocycles. The van der Waals surface area contributed by atoms with E-state index in [9.17, 15) is 19.5 Å². The zero-order chi connectivity index (χ0) is 25.8. The summed E-state index contributed by atoms with van der Waals surface area (Å²) in [6.45, 7) is 6.04. The summed E-state index contributed by atoms with van der Waals surface area (Å²) in [7, 11) is 0. The summed E-state index contributed by atoms with van der Waals surface area (Å²) in [6, 6.07) is 2.07. The topological polar surface area (TPSA) is 86.7 Å². The van der Waals surface area contributed by atoms with E-state index in [0.717, 1.165) is 75.5 Å². The van der Waals surface area contributed by atoms with Crippen LogP contribution in [0.1, 0.15) is 112 Å². The predicted molar refractivity (Wildman–Crippen MR) is 145 cm³/mol. The van der Waals surface area contributed by atoms with Crippen molar-refractivity contribution < 1.29 is 19.5 Å². The molecule has 6 nitrogen and oxygen atoms in total. The Labute approximate surface area is 219 Å². The Bertz CT molecular complexity index is 981. The SMILES string of the molecule is CC(C)C(=O)N[C@H]1CC[C@H](N(c2cc(C3=CCCCC3)sc2C(=O)O)C(=O)[C@H]2CC[C@H](C)CC2)CC1. The van der Waals surface area contributed by atoms with Gasteiger partial charge in [-0.1, -0.05) is 26.8 Å². The standard InChI is InChI=1S/C29H42N2O4S/c1-18(2)27(32)30-22-13-15-23(16-14-22)31(28(33)21-11-9-19(3)10-12-21)24-17-25(36-26(24)29(34)35)20-7-5-4-6-8-20/h7,17-19,21-23H,4-6,8-16H2,1-3H3,(H,30,32)(H,34,35)/t19-,21-,22-,23-. The van der Waals surface area contributed by atoms with Gasteiger partial charge in [0.25, 0.3) is 0 Å². The lowest BCUT2D eigenvalue weighted by Crippen LogP contribution is -2.49. The van der Waals surface area contributed by atoms with E-state index in [1.165, 1.54) is 23.3 Å². The highest BCUT2D eigenvalue weighted by atomic mass is 32.1. The highest BCUT2D eigenvalue weighted by Crippen LogP contribution is 2.42. The number of carbonyl (C=O) groups excluding carboxylic acids is 2. The van der Waals surface area contributed by atoms with Gasteiger partial charge in [-0.05, 0) is 94.6 Å². The molecule has 0 atom stereocenters. The van der Waals surface area contributed by atoms with E-state index in [1.54, 1.807) is 0 Å². The van der Waals surface area contributed by atoms with Crippen LogP contribution in [0.2, 0.25) is 0 Å². The van der Waals surface area contributed by atoms with Crippen LogP contribution < -0.4 is 10.2 Å². The highest BCUT2D eigenvalue weighted by Gasteiger charge is 2.38. The molecule has 1 heterocycles. The number of allylic oxidation sites excluding steroid dienone is 2. The van der Waals surface area contributed by atoms with Crippen LogP contribution in [0.5, 0.6) is 0 Å². The number of hydrogen-bond donors (Lipinski definition) is 2. The quantitative estimate of drug-likeness (QED) is 0.427. The number of amides is 2. The molecular formula is C29H42N2O4S. The summed E-state index contributed by atoms with van der Waals surface area (Å²) in [4.78, 5) is 41.8.